The minimum Gasteiger partial charge on any atom is -0.450 e. The summed E-state index contributed by atoms with van der Waals surface area (Å²) in [6.07, 6.45) is -5.14. The van der Waals surface area contributed by atoms with Crippen molar-refractivity contribution in [1.82, 2.24) is 25.8 Å². The van der Waals surface area contributed by atoms with Crippen molar-refractivity contribution in [2.75, 3.05) is 11.9 Å². The average molecular weight is 743 g/mol. The molecule has 4 heterocycles. The number of ether oxygens (including phenoxy) is 1. The molecule has 10 atom stereocenters. The molecule has 4 aliphatic rings. The second kappa shape index (κ2) is 15.6. The fourth-order valence-electron chi connectivity index (χ4n) is 7.81. The maximum Gasteiger partial charge on any atom is 0.329 e. The van der Waals surface area contributed by atoms with Crippen LogP contribution < -0.4 is 21.3 Å². The summed E-state index contributed by atoms with van der Waals surface area (Å²) in [6, 6.07) is 0.0511. The largest absolute Gasteiger partial charge is 0.450 e. The van der Waals surface area contributed by atoms with Gasteiger partial charge in [-0.3, -0.25) is 24.0 Å². The van der Waals surface area contributed by atoms with Crippen LogP contribution in [-0.2, 0) is 39.1 Å². The highest BCUT2D eigenvalue weighted by Gasteiger charge is 2.61. The van der Waals surface area contributed by atoms with Gasteiger partial charge in [-0.05, 0) is 43.6 Å². The third-order valence-corrected chi connectivity index (χ3v) is 10.7. The van der Waals surface area contributed by atoms with Crippen LogP contribution in [-0.4, -0.2) is 122 Å². The number of fused-ring (bicyclic) bond motifs is 6. The number of hydrogen-bond acceptors (Lipinski definition) is 11. The topological polar surface area (TPSA) is 227 Å². The number of hydrogen-bond donors (Lipinski definition) is 7. The number of cyclic esters (lactones) is 1. The molecule has 4 aliphatic heterocycles. The second-order valence-corrected chi connectivity index (χ2v) is 16.0. The number of carbonyl (C=O) groups is 6. The smallest absolute Gasteiger partial charge is 0.329 e. The van der Waals surface area contributed by atoms with Crippen LogP contribution in [0.4, 0.5) is 5.69 Å². The lowest BCUT2D eigenvalue weighted by Crippen LogP contribution is -2.64. The Balaban J connectivity index is 1.61. The first-order chi connectivity index (χ1) is 24.8. The highest BCUT2D eigenvalue weighted by molar-refractivity contribution is 5.98. The van der Waals surface area contributed by atoms with Crippen molar-refractivity contribution in [2.24, 2.45) is 17.8 Å². The summed E-state index contributed by atoms with van der Waals surface area (Å²) >= 11 is 0. The fourth-order valence-corrected chi connectivity index (χ4v) is 7.81. The highest BCUT2D eigenvalue weighted by Crippen LogP contribution is 2.49. The molecular formula is C37H54N6O10. The molecule has 5 amide bonds. The number of carbonyl (C=O) groups excluding carboxylic acids is 6. The Labute approximate surface area is 309 Å². The summed E-state index contributed by atoms with van der Waals surface area (Å²) in [5.41, 5.74) is -0.806. The molecule has 0 spiro atoms. The number of amides is 5. The van der Waals surface area contributed by atoms with E-state index in [1.807, 2.05) is 13.8 Å². The normalized spacial score (nSPS) is 33.5. The number of anilines is 1. The van der Waals surface area contributed by atoms with E-state index in [9.17, 15) is 44.1 Å². The van der Waals surface area contributed by atoms with Crippen LogP contribution in [0.5, 0.6) is 0 Å². The molecule has 16 heteroatoms. The van der Waals surface area contributed by atoms with E-state index in [-0.39, 0.29) is 38.1 Å². The fraction of sp³-hybridized carbons (Fsp3) is 0.676. The van der Waals surface area contributed by atoms with Gasteiger partial charge in [-0.25, -0.2) is 4.79 Å². The van der Waals surface area contributed by atoms with E-state index in [1.165, 1.54) is 11.8 Å². The molecule has 3 fully saturated rings. The summed E-state index contributed by atoms with van der Waals surface area (Å²) in [5.74, 6) is -6.04. The number of benzene rings is 1. The minimum atomic E-state index is -1.77. The molecule has 53 heavy (non-hydrogen) atoms. The predicted molar refractivity (Wildman–Crippen MR) is 190 cm³/mol. The number of para-hydroxylation sites is 1. The monoisotopic (exact) mass is 742 g/mol. The van der Waals surface area contributed by atoms with E-state index in [4.69, 9.17) is 4.74 Å². The van der Waals surface area contributed by atoms with Crippen molar-refractivity contribution in [3.05, 3.63) is 29.8 Å². The standard InChI is InChI=1S/C37H54N6O10/c1-17(2)14-24-30(46)41-28(20(7)44)33(49)43-26(16-37(52)22-10-8-9-11-23(22)39-36(37)43)32(48)40-27(18(3)4)35(51)53-29(19(5)6)34(50)42-13-12-21(45)15-25(42)31(47)38-24/h8-11,17-21,24-29,36,39,44-45,52H,12-16H2,1-7H3,(H,38,47)(H,40,48)(H,41,46)/t20-,21-,24-,25+,26-,27+,28+,29-,36-,37+/m0/s1. The number of piperidine rings is 1. The average Bonchev–Trinajstić information content (AvgIpc) is 3.54. The van der Waals surface area contributed by atoms with Gasteiger partial charge in [-0.2, -0.15) is 0 Å². The summed E-state index contributed by atoms with van der Waals surface area (Å²) in [5, 5.41) is 44.8. The summed E-state index contributed by atoms with van der Waals surface area (Å²) in [4.78, 5) is 87.3. The number of esters is 1. The zero-order valence-electron chi connectivity index (χ0n) is 31.4. The molecule has 3 saturated heterocycles. The Morgan fingerprint density at radius 2 is 1.47 bits per heavy atom. The lowest BCUT2D eigenvalue weighted by molar-refractivity contribution is -0.170. The maximum absolute atomic E-state index is 14.6. The minimum absolute atomic E-state index is 0.0262. The third kappa shape index (κ3) is 7.85. The Hall–Kier alpha value is -4.28. The zero-order valence-corrected chi connectivity index (χ0v) is 31.4. The van der Waals surface area contributed by atoms with Crippen LogP contribution >= 0.6 is 0 Å². The molecular weight excluding hydrogens is 688 g/mol. The van der Waals surface area contributed by atoms with Crippen molar-refractivity contribution in [3.63, 3.8) is 0 Å². The first-order valence-corrected chi connectivity index (χ1v) is 18.5. The molecule has 1 aromatic rings. The van der Waals surface area contributed by atoms with E-state index < -0.39 is 108 Å². The molecule has 16 nitrogen and oxygen atoms in total. The van der Waals surface area contributed by atoms with Gasteiger partial charge >= 0.3 is 5.97 Å². The Morgan fingerprint density at radius 3 is 2.09 bits per heavy atom. The summed E-state index contributed by atoms with van der Waals surface area (Å²) in [7, 11) is 0. The zero-order chi connectivity index (χ0) is 39.1. The van der Waals surface area contributed by atoms with E-state index in [2.05, 4.69) is 21.3 Å². The Kier molecular flexibility index (Phi) is 11.7. The number of rotatable bonds is 5. The summed E-state index contributed by atoms with van der Waals surface area (Å²) < 4.78 is 5.84. The number of aliphatic hydroxyl groups is 3. The van der Waals surface area contributed by atoms with Gasteiger partial charge in [0.05, 0.1) is 12.2 Å². The Morgan fingerprint density at radius 1 is 0.830 bits per heavy atom. The van der Waals surface area contributed by atoms with Gasteiger partial charge in [-0.1, -0.05) is 59.7 Å². The maximum atomic E-state index is 14.6. The van der Waals surface area contributed by atoms with Gasteiger partial charge in [0.1, 0.15) is 42.0 Å². The van der Waals surface area contributed by atoms with E-state index in [0.29, 0.717) is 11.3 Å². The van der Waals surface area contributed by atoms with Crippen LogP contribution in [0.2, 0.25) is 0 Å². The molecule has 292 valence electrons. The van der Waals surface area contributed by atoms with E-state index in [0.717, 1.165) is 4.90 Å². The van der Waals surface area contributed by atoms with E-state index in [1.54, 1.807) is 52.0 Å². The first-order valence-electron chi connectivity index (χ1n) is 18.5. The molecule has 0 aromatic heterocycles. The lowest BCUT2D eigenvalue weighted by atomic mass is 9.91. The van der Waals surface area contributed by atoms with Crippen molar-refractivity contribution in [1.29, 1.82) is 0 Å². The second-order valence-electron chi connectivity index (χ2n) is 16.0. The lowest BCUT2D eigenvalue weighted by Gasteiger charge is -2.40. The van der Waals surface area contributed by atoms with Crippen molar-refractivity contribution < 1.29 is 48.8 Å². The molecule has 1 aromatic carbocycles. The van der Waals surface area contributed by atoms with Crippen LogP contribution in [0.3, 0.4) is 0 Å². The van der Waals surface area contributed by atoms with Gasteiger partial charge < -0.3 is 51.1 Å². The van der Waals surface area contributed by atoms with Crippen LogP contribution in [0.1, 0.15) is 79.7 Å². The Bertz CT molecular complexity index is 1600. The van der Waals surface area contributed by atoms with Gasteiger partial charge in [-0.15, -0.1) is 0 Å². The molecule has 0 saturated carbocycles. The number of aliphatic hydroxyl groups excluding tert-OH is 2. The molecule has 0 aliphatic carbocycles. The SMILES string of the molecule is CC(C)C[C@@H]1NC(=O)[C@H]2C[C@@H](O)CCN2C(=O)[C@H](C(C)C)OC(=O)[C@@H](C(C)C)NC(=O)[C@@H]2C[C@@]3(O)c4ccccc4N[C@H]3N2C(=O)[C@@H]([C@H](C)O)NC1=O. The highest BCUT2D eigenvalue weighted by atomic mass is 16.6. The molecule has 0 bridgehead atoms. The van der Waals surface area contributed by atoms with Crippen molar-refractivity contribution >= 4 is 41.2 Å². The molecule has 0 unspecified atom stereocenters. The number of nitrogens with zero attached hydrogens (tertiary/aromatic N) is 2. The quantitative estimate of drug-likeness (QED) is 0.194. The van der Waals surface area contributed by atoms with Gasteiger partial charge in [0.25, 0.3) is 5.91 Å². The van der Waals surface area contributed by atoms with Crippen molar-refractivity contribution in [3.8, 4) is 0 Å². The number of nitrogens with one attached hydrogen (secondary N) is 4. The molecule has 7 N–H and O–H groups in total. The van der Waals surface area contributed by atoms with Gasteiger partial charge in [0, 0.05) is 30.6 Å². The first kappa shape index (κ1) is 39.9. The van der Waals surface area contributed by atoms with Gasteiger partial charge in [0.2, 0.25) is 23.6 Å². The third-order valence-electron chi connectivity index (χ3n) is 10.7. The van der Waals surface area contributed by atoms with E-state index >= 15 is 0 Å². The molecule has 5 rings (SSSR count). The predicted octanol–water partition coefficient (Wildman–Crippen LogP) is -0.303. The van der Waals surface area contributed by atoms with Gasteiger partial charge in [0.15, 0.2) is 6.10 Å². The van der Waals surface area contributed by atoms with Crippen LogP contribution in [0, 0.1) is 17.8 Å². The van der Waals surface area contributed by atoms with Crippen LogP contribution in [0.15, 0.2) is 24.3 Å². The molecule has 0 radical (unpaired) electrons. The van der Waals surface area contributed by atoms with Crippen molar-refractivity contribution in [2.45, 2.75) is 134 Å². The van der Waals surface area contributed by atoms with Crippen LogP contribution in [0.25, 0.3) is 0 Å². The summed E-state index contributed by atoms with van der Waals surface area (Å²) in [6.45, 7) is 11.6.